The fraction of sp³-hybridized carbons (Fsp3) is 0.571. The van der Waals surface area contributed by atoms with Crippen LogP contribution < -0.4 is 5.32 Å². The summed E-state index contributed by atoms with van der Waals surface area (Å²) in [5, 5.41) is 14.4. The van der Waals surface area contributed by atoms with Crippen LogP contribution in [-0.2, 0) is 0 Å². The first kappa shape index (κ1) is 11.5. The molecule has 0 spiro atoms. The van der Waals surface area contributed by atoms with E-state index in [0.29, 0.717) is 11.1 Å². The number of benzene rings is 1. The third kappa shape index (κ3) is 1.96. The lowest BCUT2D eigenvalue weighted by Gasteiger charge is -2.16. The zero-order chi connectivity index (χ0) is 12.8. The van der Waals surface area contributed by atoms with Crippen molar-refractivity contribution in [2.75, 3.05) is 11.9 Å². The SMILES string of the molecule is Cc1cccc(NCC2(C3CC3)CC2)c1[N+](=O)[O-]. The third-order valence-corrected chi connectivity index (χ3v) is 4.39. The van der Waals surface area contributed by atoms with Gasteiger partial charge in [0.25, 0.3) is 5.69 Å². The van der Waals surface area contributed by atoms with Gasteiger partial charge in [0.2, 0.25) is 0 Å². The van der Waals surface area contributed by atoms with E-state index in [2.05, 4.69) is 5.32 Å². The van der Waals surface area contributed by atoms with Gasteiger partial charge in [-0.05, 0) is 50.0 Å². The molecule has 2 fully saturated rings. The molecule has 0 atom stereocenters. The second-order valence-corrected chi connectivity index (χ2v) is 5.72. The molecule has 1 N–H and O–H groups in total. The van der Waals surface area contributed by atoms with Crippen LogP contribution in [0.25, 0.3) is 0 Å². The van der Waals surface area contributed by atoms with Gasteiger partial charge in [0.15, 0.2) is 0 Å². The number of nitro groups is 1. The van der Waals surface area contributed by atoms with E-state index in [0.717, 1.165) is 18.0 Å². The van der Waals surface area contributed by atoms with Gasteiger partial charge in [-0.2, -0.15) is 0 Å². The predicted molar refractivity (Wildman–Crippen MR) is 70.7 cm³/mol. The largest absolute Gasteiger partial charge is 0.379 e. The van der Waals surface area contributed by atoms with Crippen molar-refractivity contribution in [3.63, 3.8) is 0 Å². The number of nitro benzene ring substituents is 1. The Kier molecular flexibility index (Phi) is 2.54. The van der Waals surface area contributed by atoms with Gasteiger partial charge in [0.05, 0.1) is 4.92 Å². The molecule has 2 aliphatic carbocycles. The van der Waals surface area contributed by atoms with Crippen LogP contribution in [0, 0.1) is 28.4 Å². The molecule has 3 rings (SSSR count). The minimum absolute atomic E-state index is 0.226. The molecule has 18 heavy (non-hydrogen) atoms. The maximum atomic E-state index is 11.1. The van der Waals surface area contributed by atoms with Crippen molar-refractivity contribution in [3.05, 3.63) is 33.9 Å². The van der Waals surface area contributed by atoms with E-state index in [9.17, 15) is 10.1 Å². The lowest BCUT2D eigenvalue weighted by atomic mass is 10.0. The van der Waals surface area contributed by atoms with Crippen LogP contribution in [0.5, 0.6) is 0 Å². The number of para-hydroxylation sites is 1. The van der Waals surface area contributed by atoms with E-state index in [1.807, 2.05) is 12.1 Å². The molecule has 2 saturated carbocycles. The molecule has 96 valence electrons. The second kappa shape index (κ2) is 3.97. The van der Waals surface area contributed by atoms with Gasteiger partial charge in [0, 0.05) is 12.1 Å². The highest BCUT2D eigenvalue weighted by molar-refractivity contribution is 5.65. The van der Waals surface area contributed by atoms with Crippen LogP contribution in [0.2, 0.25) is 0 Å². The lowest BCUT2D eigenvalue weighted by Crippen LogP contribution is -2.18. The summed E-state index contributed by atoms with van der Waals surface area (Å²) in [5.74, 6) is 0.869. The molecule has 1 aromatic carbocycles. The Morgan fingerprint density at radius 3 is 2.72 bits per heavy atom. The minimum atomic E-state index is -0.283. The fourth-order valence-corrected chi connectivity index (χ4v) is 2.90. The number of nitrogens with one attached hydrogen (secondary N) is 1. The quantitative estimate of drug-likeness (QED) is 0.639. The summed E-state index contributed by atoms with van der Waals surface area (Å²) in [6, 6.07) is 5.48. The number of aryl methyl sites for hydroxylation is 1. The Balaban J connectivity index is 1.76. The molecule has 0 aliphatic heterocycles. The number of anilines is 1. The van der Waals surface area contributed by atoms with Crippen LogP contribution in [0.3, 0.4) is 0 Å². The van der Waals surface area contributed by atoms with E-state index in [1.54, 1.807) is 13.0 Å². The number of hydrogen-bond acceptors (Lipinski definition) is 3. The van der Waals surface area contributed by atoms with E-state index in [-0.39, 0.29) is 10.6 Å². The molecule has 0 bridgehead atoms. The predicted octanol–water partition coefficient (Wildman–Crippen LogP) is 3.51. The third-order valence-electron chi connectivity index (χ3n) is 4.39. The van der Waals surface area contributed by atoms with Crippen molar-refractivity contribution in [1.82, 2.24) is 0 Å². The highest BCUT2D eigenvalue weighted by Gasteiger charge is 2.53. The summed E-state index contributed by atoms with van der Waals surface area (Å²) in [6.07, 6.45) is 5.25. The van der Waals surface area contributed by atoms with Crippen molar-refractivity contribution >= 4 is 11.4 Å². The summed E-state index contributed by atoms with van der Waals surface area (Å²) in [6.45, 7) is 2.68. The molecular weight excluding hydrogens is 228 g/mol. The zero-order valence-corrected chi connectivity index (χ0v) is 10.6. The van der Waals surface area contributed by atoms with Gasteiger partial charge in [-0.15, -0.1) is 0 Å². The number of hydrogen-bond donors (Lipinski definition) is 1. The smallest absolute Gasteiger partial charge is 0.295 e. The molecule has 0 radical (unpaired) electrons. The van der Waals surface area contributed by atoms with Crippen LogP contribution in [0.15, 0.2) is 18.2 Å². The molecule has 0 unspecified atom stereocenters. The fourth-order valence-electron chi connectivity index (χ4n) is 2.90. The Labute approximate surface area is 107 Å². The van der Waals surface area contributed by atoms with Gasteiger partial charge in [-0.3, -0.25) is 10.1 Å². The molecule has 0 aromatic heterocycles. The van der Waals surface area contributed by atoms with E-state index >= 15 is 0 Å². The molecule has 2 aliphatic rings. The standard InChI is InChI=1S/C14H18N2O2/c1-10-3-2-4-12(13(10)16(17)18)15-9-14(7-8-14)11-5-6-11/h2-4,11,15H,5-9H2,1H3. The van der Waals surface area contributed by atoms with E-state index in [1.165, 1.54) is 25.7 Å². The molecule has 4 nitrogen and oxygen atoms in total. The Bertz CT molecular complexity index is 491. The van der Waals surface area contributed by atoms with Gasteiger partial charge >= 0.3 is 0 Å². The Morgan fingerprint density at radius 2 is 2.17 bits per heavy atom. The lowest BCUT2D eigenvalue weighted by molar-refractivity contribution is -0.384. The average molecular weight is 246 g/mol. The molecule has 1 aromatic rings. The molecule has 0 heterocycles. The topological polar surface area (TPSA) is 55.2 Å². The van der Waals surface area contributed by atoms with Crippen LogP contribution >= 0.6 is 0 Å². The monoisotopic (exact) mass is 246 g/mol. The van der Waals surface area contributed by atoms with Crippen molar-refractivity contribution in [2.24, 2.45) is 11.3 Å². The van der Waals surface area contributed by atoms with Gasteiger partial charge in [-0.1, -0.05) is 12.1 Å². The first-order chi connectivity index (χ1) is 8.62. The van der Waals surface area contributed by atoms with Gasteiger partial charge in [-0.25, -0.2) is 0 Å². The summed E-state index contributed by atoms with van der Waals surface area (Å²) in [4.78, 5) is 10.8. The van der Waals surface area contributed by atoms with Gasteiger partial charge < -0.3 is 5.32 Å². The number of nitrogens with zero attached hydrogens (tertiary/aromatic N) is 1. The highest BCUT2D eigenvalue weighted by atomic mass is 16.6. The molecule has 0 amide bonds. The maximum absolute atomic E-state index is 11.1. The van der Waals surface area contributed by atoms with Crippen LogP contribution in [0.4, 0.5) is 11.4 Å². The van der Waals surface area contributed by atoms with Crippen molar-refractivity contribution in [3.8, 4) is 0 Å². The van der Waals surface area contributed by atoms with Crippen LogP contribution in [-0.4, -0.2) is 11.5 Å². The van der Waals surface area contributed by atoms with Crippen molar-refractivity contribution in [1.29, 1.82) is 0 Å². The number of rotatable bonds is 5. The van der Waals surface area contributed by atoms with Crippen LogP contribution in [0.1, 0.15) is 31.2 Å². The summed E-state index contributed by atoms with van der Waals surface area (Å²) < 4.78 is 0. The Morgan fingerprint density at radius 1 is 1.44 bits per heavy atom. The van der Waals surface area contributed by atoms with Crippen molar-refractivity contribution in [2.45, 2.75) is 32.6 Å². The minimum Gasteiger partial charge on any atom is -0.379 e. The first-order valence-corrected chi connectivity index (χ1v) is 6.60. The maximum Gasteiger partial charge on any atom is 0.295 e. The molecule has 0 saturated heterocycles. The summed E-state index contributed by atoms with van der Waals surface area (Å²) in [7, 11) is 0. The first-order valence-electron chi connectivity index (χ1n) is 6.60. The Hall–Kier alpha value is -1.58. The summed E-state index contributed by atoms with van der Waals surface area (Å²) in [5.41, 5.74) is 2.08. The molecule has 4 heteroatoms. The van der Waals surface area contributed by atoms with Crippen molar-refractivity contribution < 1.29 is 4.92 Å². The van der Waals surface area contributed by atoms with Gasteiger partial charge in [0.1, 0.15) is 5.69 Å². The molecular formula is C14H18N2O2. The zero-order valence-electron chi connectivity index (χ0n) is 10.6. The summed E-state index contributed by atoms with van der Waals surface area (Å²) >= 11 is 0. The average Bonchev–Trinajstić information content (AvgIpc) is 3.17. The van der Waals surface area contributed by atoms with E-state index in [4.69, 9.17) is 0 Å². The second-order valence-electron chi connectivity index (χ2n) is 5.72. The highest BCUT2D eigenvalue weighted by Crippen LogP contribution is 2.61. The normalized spacial score (nSPS) is 20.5. The van der Waals surface area contributed by atoms with E-state index < -0.39 is 0 Å².